The van der Waals surface area contributed by atoms with Crippen molar-refractivity contribution in [3.63, 3.8) is 0 Å². The monoisotopic (exact) mass is 327 g/mol. The van der Waals surface area contributed by atoms with Gasteiger partial charge in [0.05, 0.1) is 12.8 Å². The Kier molecular flexibility index (Phi) is 4.93. The quantitative estimate of drug-likeness (QED) is 0.932. The van der Waals surface area contributed by atoms with E-state index in [2.05, 4.69) is 9.97 Å². The molecule has 1 amide bonds. The van der Waals surface area contributed by atoms with E-state index in [0.717, 1.165) is 24.8 Å². The number of hydrogen-bond donors (Lipinski definition) is 1. The molecule has 1 aromatic carbocycles. The predicted molar refractivity (Wildman–Crippen MR) is 90.2 cm³/mol. The topological polar surface area (TPSA) is 75.3 Å². The molecule has 1 aliphatic rings. The molecule has 6 heteroatoms. The van der Waals surface area contributed by atoms with Crippen LogP contribution in [0.4, 0.5) is 0 Å². The van der Waals surface area contributed by atoms with E-state index in [-0.39, 0.29) is 17.2 Å². The van der Waals surface area contributed by atoms with Crippen LogP contribution in [0.1, 0.15) is 28.9 Å². The fourth-order valence-electron chi connectivity index (χ4n) is 2.86. The molecule has 1 saturated heterocycles. The molecule has 1 N–H and O–H groups in total. The first-order valence-corrected chi connectivity index (χ1v) is 8.15. The van der Waals surface area contributed by atoms with Gasteiger partial charge in [0.2, 0.25) is 0 Å². The third-order valence-corrected chi connectivity index (χ3v) is 4.20. The zero-order valence-electron chi connectivity index (χ0n) is 13.7. The van der Waals surface area contributed by atoms with Crippen LogP contribution >= 0.6 is 0 Å². The van der Waals surface area contributed by atoms with Gasteiger partial charge in [-0.05, 0) is 31.9 Å². The summed E-state index contributed by atoms with van der Waals surface area (Å²) in [6, 6.07) is 7.97. The Morgan fingerprint density at radius 2 is 2.17 bits per heavy atom. The molecule has 0 spiro atoms. The van der Waals surface area contributed by atoms with Crippen molar-refractivity contribution in [3.05, 3.63) is 58.3 Å². The highest BCUT2D eigenvalue weighted by Crippen LogP contribution is 2.20. The maximum atomic E-state index is 12.5. The molecule has 6 nitrogen and oxygen atoms in total. The average Bonchev–Trinajstić information content (AvgIpc) is 2.61. The van der Waals surface area contributed by atoms with E-state index in [1.807, 2.05) is 31.2 Å². The van der Waals surface area contributed by atoms with Crippen molar-refractivity contribution in [1.82, 2.24) is 14.9 Å². The van der Waals surface area contributed by atoms with Crippen LogP contribution in [0.25, 0.3) is 0 Å². The molecular formula is C18H21N3O3. The van der Waals surface area contributed by atoms with Gasteiger partial charge in [-0.2, -0.15) is 0 Å². The minimum atomic E-state index is -0.311. The summed E-state index contributed by atoms with van der Waals surface area (Å²) >= 11 is 0. The summed E-state index contributed by atoms with van der Waals surface area (Å²) < 4.78 is 5.85. The zero-order valence-corrected chi connectivity index (χ0v) is 13.7. The zero-order chi connectivity index (χ0) is 16.9. The number of benzene rings is 1. The molecule has 2 heterocycles. The Bertz CT molecular complexity index is 734. The van der Waals surface area contributed by atoms with E-state index < -0.39 is 0 Å². The van der Waals surface area contributed by atoms with E-state index in [4.69, 9.17) is 4.74 Å². The van der Waals surface area contributed by atoms with Gasteiger partial charge in [-0.3, -0.25) is 9.59 Å². The summed E-state index contributed by atoms with van der Waals surface area (Å²) in [7, 11) is 0. The second-order valence-electron chi connectivity index (χ2n) is 6.18. The molecule has 24 heavy (non-hydrogen) atoms. The number of aryl methyl sites for hydroxylation is 1. The van der Waals surface area contributed by atoms with Crippen LogP contribution in [-0.4, -0.2) is 40.5 Å². The van der Waals surface area contributed by atoms with Gasteiger partial charge in [0.1, 0.15) is 11.4 Å². The number of hydrogen-bond acceptors (Lipinski definition) is 4. The molecule has 0 radical (unpaired) electrons. The van der Waals surface area contributed by atoms with Gasteiger partial charge in [0, 0.05) is 25.2 Å². The molecule has 0 aliphatic carbocycles. The molecule has 126 valence electrons. The highest BCUT2D eigenvalue weighted by atomic mass is 16.5. The molecule has 1 fully saturated rings. The maximum Gasteiger partial charge on any atom is 0.273 e. The van der Waals surface area contributed by atoms with Crippen LogP contribution in [0.15, 0.2) is 41.5 Å². The second kappa shape index (κ2) is 7.29. The number of nitrogens with zero attached hydrogens (tertiary/aromatic N) is 2. The van der Waals surface area contributed by atoms with Crippen molar-refractivity contribution in [3.8, 4) is 5.75 Å². The first kappa shape index (κ1) is 16.2. The minimum Gasteiger partial charge on any atom is -0.493 e. The maximum absolute atomic E-state index is 12.5. The molecule has 1 aromatic heterocycles. The lowest BCUT2D eigenvalue weighted by Gasteiger charge is -2.32. The highest BCUT2D eigenvalue weighted by Gasteiger charge is 2.25. The summed E-state index contributed by atoms with van der Waals surface area (Å²) in [5.41, 5.74) is 1.16. The number of aromatic amines is 1. The summed E-state index contributed by atoms with van der Waals surface area (Å²) in [5, 5.41) is 0. The Labute approximate surface area is 140 Å². The second-order valence-corrected chi connectivity index (χ2v) is 6.18. The Balaban J connectivity index is 1.57. The fraction of sp³-hybridized carbons (Fsp3) is 0.389. The third kappa shape index (κ3) is 4.01. The van der Waals surface area contributed by atoms with Crippen molar-refractivity contribution >= 4 is 5.91 Å². The van der Waals surface area contributed by atoms with E-state index in [1.165, 1.54) is 11.8 Å². The van der Waals surface area contributed by atoms with Gasteiger partial charge in [0.15, 0.2) is 0 Å². The molecule has 1 atom stereocenters. The van der Waals surface area contributed by atoms with Crippen LogP contribution in [0.5, 0.6) is 5.75 Å². The van der Waals surface area contributed by atoms with Crippen molar-refractivity contribution in [2.75, 3.05) is 19.7 Å². The Morgan fingerprint density at radius 3 is 2.88 bits per heavy atom. The van der Waals surface area contributed by atoms with Gasteiger partial charge in [-0.1, -0.05) is 17.7 Å². The Morgan fingerprint density at radius 1 is 1.38 bits per heavy atom. The molecule has 1 aliphatic heterocycles. The lowest BCUT2D eigenvalue weighted by Crippen LogP contribution is -2.42. The number of aromatic nitrogens is 2. The summed E-state index contributed by atoms with van der Waals surface area (Å²) in [5.74, 6) is 1.00. The van der Waals surface area contributed by atoms with E-state index in [9.17, 15) is 9.59 Å². The number of ether oxygens (including phenoxy) is 1. The van der Waals surface area contributed by atoms with Crippen molar-refractivity contribution in [1.29, 1.82) is 0 Å². The molecule has 1 unspecified atom stereocenters. The lowest BCUT2D eigenvalue weighted by molar-refractivity contribution is 0.0627. The summed E-state index contributed by atoms with van der Waals surface area (Å²) in [4.78, 5) is 31.7. The van der Waals surface area contributed by atoms with Gasteiger partial charge >= 0.3 is 0 Å². The lowest BCUT2D eigenvalue weighted by atomic mass is 9.98. The first-order valence-electron chi connectivity index (χ1n) is 8.15. The van der Waals surface area contributed by atoms with Gasteiger partial charge < -0.3 is 14.6 Å². The normalized spacial score (nSPS) is 17.5. The standard InChI is InChI=1S/C18H21N3O3/c1-13-4-6-15(7-5-13)24-12-14-3-2-8-21(11-14)18(23)16-9-20-17(22)10-19-16/h4-7,9-10,14H,2-3,8,11-12H2,1H3,(H,20,22). The van der Waals surface area contributed by atoms with Gasteiger partial charge in [-0.25, -0.2) is 4.98 Å². The minimum absolute atomic E-state index is 0.147. The summed E-state index contributed by atoms with van der Waals surface area (Å²) in [6.45, 7) is 3.98. The van der Waals surface area contributed by atoms with Crippen LogP contribution < -0.4 is 10.3 Å². The molecule has 2 aromatic rings. The third-order valence-electron chi connectivity index (χ3n) is 4.20. The van der Waals surface area contributed by atoms with E-state index in [0.29, 0.717) is 25.6 Å². The highest BCUT2D eigenvalue weighted by molar-refractivity contribution is 5.92. The number of nitrogens with one attached hydrogen (secondary N) is 1. The molecule has 3 rings (SSSR count). The number of rotatable bonds is 4. The van der Waals surface area contributed by atoms with E-state index in [1.54, 1.807) is 4.90 Å². The number of piperidine rings is 1. The molecule has 0 bridgehead atoms. The number of carbonyl (C=O) groups excluding carboxylic acids is 1. The van der Waals surface area contributed by atoms with Crippen molar-refractivity contribution in [2.24, 2.45) is 5.92 Å². The number of amides is 1. The van der Waals surface area contributed by atoms with Crippen molar-refractivity contribution < 1.29 is 9.53 Å². The number of H-pyrrole nitrogens is 1. The van der Waals surface area contributed by atoms with Gasteiger partial charge in [0.25, 0.3) is 11.5 Å². The van der Waals surface area contributed by atoms with E-state index >= 15 is 0 Å². The largest absolute Gasteiger partial charge is 0.493 e. The summed E-state index contributed by atoms with van der Waals surface area (Å²) in [6.07, 6.45) is 4.48. The van der Waals surface area contributed by atoms with Crippen LogP contribution in [0.3, 0.4) is 0 Å². The SMILES string of the molecule is Cc1ccc(OCC2CCCN(C(=O)c3c[nH]c(=O)cn3)C2)cc1. The molecular weight excluding hydrogens is 306 g/mol. The first-order chi connectivity index (χ1) is 11.6. The average molecular weight is 327 g/mol. The van der Waals surface area contributed by atoms with Crippen LogP contribution in [-0.2, 0) is 0 Å². The smallest absolute Gasteiger partial charge is 0.273 e. The number of likely N-dealkylation sites (tertiary alicyclic amines) is 1. The Hall–Kier alpha value is -2.63. The van der Waals surface area contributed by atoms with Crippen LogP contribution in [0, 0.1) is 12.8 Å². The number of carbonyl (C=O) groups is 1. The van der Waals surface area contributed by atoms with Crippen LogP contribution in [0.2, 0.25) is 0 Å². The fourth-order valence-corrected chi connectivity index (χ4v) is 2.86. The van der Waals surface area contributed by atoms with Gasteiger partial charge in [-0.15, -0.1) is 0 Å². The predicted octanol–water partition coefficient (Wildman–Crippen LogP) is 2.01. The molecule has 0 saturated carbocycles. The van der Waals surface area contributed by atoms with Crippen molar-refractivity contribution in [2.45, 2.75) is 19.8 Å².